The van der Waals surface area contributed by atoms with Gasteiger partial charge in [0.05, 0.1) is 5.60 Å². The summed E-state index contributed by atoms with van der Waals surface area (Å²) in [6, 6.07) is 18.9. The number of carbonyl (C=O) groups is 1. The minimum absolute atomic E-state index is 0.0122. The van der Waals surface area contributed by atoms with Gasteiger partial charge in [-0.2, -0.15) is 0 Å². The Kier molecular flexibility index (Phi) is 7.42. The zero-order valence-corrected chi connectivity index (χ0v) is 21.6. The maximum absolute atomic E-state index is 13.3. The average molecular weight is 493 g/mol. The van der Waals surface area contributed by atoms with Crippen molar-refractivity contribution in [3.05, 3.63) is 64.9 Å². The van der Waals surface area contributed by atoms with Crippen molar-refractivity contribution in [1.29, 1.82) is 0 Å². The molecule has 1 saturated heterocycles. The monoisotopic (exact) mass is 492 g/mol. The highest BCUT2D eigenvalue weighted by molar-refractivity contribution is 7.09. The largest absolute Gasteiger partial charge is 0.483 e. The molecule has 186 valence electrons. The van der Waals surface area contributed by atoms with Crippen LogP contribution >= 0.6 is 11.3 Å². The van der Waals surface area contributed by atoms with E-state index in [1.54, 1.807) is 0 Å². The fraction of sp³-hybridized carbons (Fsp3) is 0.483. The van der Waals surface area contributed by atoms with Gasteiger partial charge in [0, 0.05) is 42.5 Å². The number of ether oxygens (including phenoxy) is 2. The molecule has 0 unspecified atom stereocenters. The summed E-state index contributed by atoms with van der Waals surface area (Å²) >= 11 is 1.82. The summed E-state index contributed by atoms with van der Waals surface area (Å²) < 4.78 is 12.3. The van der Waals surface area contributed by atoms with Crippen molar-refractivity contribution < 1.29 is 14.3 Å². The van der Waals surface area contributed by atoms with Crippen LogP contribution < -0.4 is 4.74 Å². The number of fused-ring (bicyclic) bond motifs is 1. The van der Waals surface area contributed by atoms with Gasteiger partial charge in [0.2, 0.25) is 0 Å². The Morgan fingerprint density at radius 1 is 1.09 bits per heavy atom. The number of amides is 1. The van der Waals surface area contributed by atoms with Crippen molar-refractivity contribution in [3.8, 4) is 5.75 Å². The smallest absolute Gasteiger partial charge is 0.260 e. The Morgan fingerprint density at radius 2 is 1.94 bits per heavy atom. The Bertz CT molecular complexity index is 1120. The first-order chi connectivity index (χ1) is 17.0. The molecule has 0 bridgehead atoms. The molecule has 2 fully saturated rings. The average Bonchev–Trinajstić information content (AvgIpc) is 3.58. The molecule has 0 N–H and O–H groups in total. The topological polar surface area (TPSA) is 42.0 Å². The lowest BCUT2D eigenvalue weighted by Crippen LogP contribution is -2.58. The van der Waals surface area contributed by atoms with Crippen LogP contribution in [0.3, 0.4) is 0 Å². The molecular formula is C29H36N2O3S. The highest BCUT2D eigenvalue weighted by atomic mass is 32.1. The first-order valence-electron chi connectivity index (χ1n) is 12.8. The van der Waals surface area contributed by atoms with Crippen molar-refractivity contribution in [3.63, 3.8) is 0 Å². The molecule has 2 aromatic carbocycles. The number of benzene rings is 2. The van der Waals surface area contributed by atoms with Crippen LogP contribution in [-0.2, 0) is 16.0 Å². The third-order valence-electron chi connectivity index (χ3n) is 7.95. The van der Waals surface area contributed by atoms with E-state index in [0.717, 1.165) is 68.2 Å². The minimum Gasteiger partial charge on any atom is -0.483 e. The zero-order chi connectivity index (χ0) is 24.3. The molecule has 1 aromatic heterocycles. The Balaban J connectivity index is 1.27. The minimum atomic E-state index is -0.0122. The molecule has 3 aromatic rings. The van der Waals surface area contributed by atoms with Gasteiger partial charge in [-0.15, -0.1) is 11.3 Å². The number of hydrogen-bond acceptors (Lipinski definition) is 5. The normalized spacial score (nSPS) is 24.3. The summed E-state index contributed by atoms with van der Waals surface area (Å²) in [4.78, 5) is 19.1. The van der Waals surface area contributed by atoms with Crippen molar-refractivity contribution in [2.75, 3.05) is 33.9 Å². The molecule has 1 amide bonds. The lowest BCUT2D eigenvalue weighted by Gasteiger charge is -2.48. The van der Waals surface area contributed by atoms with E-state index in [4.69, 9.17) is 9.47 Å². The van der Waals surface area contributed by atoms with Gasteiger partial charge < -0.3 is 19.3 Å². The summed E-state index contributed by atoms with van der Waals surface area (Å²) in [5, 5.41) is 4.30. The van der Waals surface area contributed by atoms with Crippen LogP contribution in [0, 0.1) is 0 Å². The fourth-order valence-electron chi connectivity index (χ4n) is 5.89. The van der Waals surface area contributed by atoms with Gasteiger partial charge >= 0.3 is 0 Å². The Labute approximate surface area is 212 Å². The van der Waals surface area contributed by atoms with Gasteiger partial charge in [-0.25, -0.2) is 0 Å². The predicted octanol–water partition coefficient (Wildman–Crippen LogP) is 5.38. The van der Waals surface area contributed by atoms with E-state index in [1.165, 1.54) is 4.88 Å². The quantitative estimate of drug-likeness (QED) is 0.423. The van der Waals surface area contributed by atoms with Crippen LogP contribution in [0.2, 0.25) is 0 Å². The van der Waals surface area contributed by atoms with E-state index in [9.17, 15) is 4.79 Å². The third kappa shape index (κ3) is 5.40. The second-order valence-corrected chi connectivity index (χ2v) is 11.1. The van der Waals surface area contributed by atoms with Crippen LogP contribution in [0.15, 0.2) is 60.0 Å². The molecule has 35 heavy (non-hydrogen) atoms. The van der Waals surface area contributed by atoms with Gasteiger partial charge in [0.1, 0.15) is 5.75 Å². The highest BCUT2D eigenvalue weighted by Gasteiger charge is 2.46. The van der Waals surface area contributed by atoms with E-state index in [2.05, 4.69) is 41.6 Å². The van der Waals surface area contributed by atoms with Crippen molar-refractivity contribution in [2.45, 2.75) is 56.2 Å². The summed E-state index contributed by atoms with van der Waals surface area (Å²) in [6.45, 7) is 1.89. The molecule has 1 aliphatic carbocycles. The third-order valence-corrected chi connectivity index (χ3v) is 8.89. The van der Waals surface area contributed by atoms with Crippen molar-refractivity contribution >= 4 is 28.0 Å². The summed E-state index contributed by atoms with van der Waals surface area (Å²) in [7, 11) is 4.16. The lowest BCUT2D eigenvalue weighted by atomic mass is 9.76. The molecule has 2 aliphatic rings. The van der Waals surface area contributed by atoms with Crippen LogP contribution in [-0.4, -0.2) is 67.2 Å². The van der Waals surface area contributed by atoms with E-state index >= 15 is 0 Å². The summed E-state index contributed by atoms with van der Waals surface area (Å²) in [5.41, 5.74) is -0.0122. The zero-order valence-electron chi connectivity index (χ0n) is 20.8. The van der Waals surface area contributed by atoms with E-state index in [0.29, 0.717) is 0 Å². The first-order valence-corrected chi connectivity index (χ1v) is 13.7. The molecule has 1 saturated carbocycles. The number of thiophene rings is 1. The van der Waals surface area contributed by atoms with Crippen molar-refractivity contribution in [2.24, 2.45) is 0 Å². The molecule has 5 nitrogen and oxygen atoms in total. The number of likely N-dealkylation sites (N-methyl/N-ethyl adjacent to an activating group) is 2. The molecule has 5 rings (SSSR count). The van der Waals surface area contributed by atoms with Gasteiger partial charge in [-0.3, -0.25) is 4.79 Å². The van der Waals surface area contributed by atoms with E-state index in [-0.39, 0.29) is 30.2 Å². The SMILES string of the molecule is CN(CCc1cccs1)[C@H]1C[C@@]2(CCCO2)CC[C@@H]1N(C)C(=O)COc1cccc2ccccc12. The van der Waals surface area contributed by atoms with Gasteiger partial charge in [0.15, 0.2) is 6.61 Å². The predicted molar refractivity (Wildman–Crippen MR) is 142 cm³/mol. The van der Waals surface area contributed by atoms with Crippen LogP contribution in [0.25, 0.3) is 10.8 Å². The molecule has 1 spiro atoms. The van der Waals surface area contributed by atoms with Gasteiger partial charge in [-0.1, -0.05) is 42.5 Å². The second kappa shape index (κ2) is 10.7. The van der Waals surface area contributed by atoms with Crippen LogP contribution in [0.4, 0.5) is 0 Å². The highest BCUT2D eigenvalue weighted by Crippen LogP contribution is 2.42. The molecule has 0 radical (unpaired) electrons. The molecular weight excluding hydrogens is 456 g/mol. The maximum Gasteiger partial charge on any atom is 0.260 e. The van der Waals surface area contributed by atoms with E-state index < -0.39 is 0 Å². The summed E-state index contributed by atoms with van der Waals surface area (Å²) in [5.74, 6) is 0.791. The summed E-state index contributed by atoms with van der Waals surface area (Å²) in [6.07, 6.45) is 6.29. The van der Waals surface area contributed by atoms with Crippen LogP contribution in [0.5, 0.6) is 5.75 Å². The van der Waals surface area contributed by atoms with Crippen molar-refractivity contribution in [1.82, 2.24) is 9.80 Å². The molecule has 3 atom stereocenters. The number of nitrogens with zero attached hydrogens (tertiary/aromatic N) is 2. The van der Waals surface area contributed by atoms with E-state index in [1.807, 2.05) is 53.6 Å². The Hall–Kier alpha value is -2.41. The number of carbonyl (C=O) groups excluding carboxylic acids is 1. The standard InChI is InChI=1S/C29H36N2O3S/c1-30(17-14-23-10-6-19-35-23)26-20-29(15-7-18-34-29)16-13-25(26)31(2)28(32)21-33-27-12-5-9-22-8-3-4-11-24(22)27/h3-6,8-12,19,25-26H,7,13-18,20-21H2,1-2H3/t25-,26-,29+/m0/s1. The lowest BCUT2D eigenvalue weighted by molar-refractivity contribution is -0.139. The van der Waals surface area contributed by atoms with Gasteiger partial charge in [-0.05, 0) is 68.5 Å². The van der Waals surface area contributed by atoms with Gasteiger partial charge in [0.25, 0.3) is 5.91 Å². The maximum atomic E-state index is 13.3. The molecule has 1 aliphatic heterocycles. The molecule has 6 heteroatoms. The first kappa shape index (κ1) is 24.3. The molecule has 2 heterocycles. The number of rotatable bonds is 8. The Morgan fingerprint density at radius 3 is 2.74 bits per heavy atom. The second-order valence-electron chi connectivity index (χ2n) is 10.1. The fourth-order valence-corrected chi connectivity index (χ4v) is 6.59. The number of hydrogen-bond donors (Lipinski definition) is 0. The van der Waals surface area contributed by atoms with Crippen LogP contribution in [0.1, 0.15) is 37.0 Å².